The minimum Gasteiger partial charge on any atom is -0.462 e. The highest BCUT2D eigenvalue weighted by molar-refractivity contribution is 7.50. The number of hydrogen-bond donors (Lipinski definition) is 2. The van der Waals surface area contributed by atoms with Crippen molar-refractivity contribution in [2.45, 2.75) is 59.4 Å². The Morgan fingerprint density at radius 1 is 1.20 bits per heavy atom. The Bertz CT molecular complexity index is 1140. The van der Waals surface area contributed by atoms with E-state index in [1.54, 1.807) is 39.5 Å². The number of oxime groups is 1. The van der Waals surface area contributed by atoms with E-state index in [0.717, 1.165) is 5.56 Å². The molecule has 0 bridgehead atoms. The van der Waals surface area contributed by atoms with E-state index in [0.29, 0.717) is 29.2 Å². The Morgan fingerprint density at radius 3 is 2.66 bits per heavy atom. The molecule has 0 spiro atoms. The number of carbonyl (C=O) groups excluding carboxylic acids is 1. The summed E-state index contributed by atoms with van der Waals surface area (Å²) < 4.78 is 19.0. The molecule has 35 heavy (non-hydrogen) atoms. The predicted molar refractivity (Wildman–Crippen MR) is 133 cm³/mol. The number of hydrogen-bond acceptors (Lipinski definition) is 11. The van der Waals surface area contributed by atoms with Gasteiger partial charge in [0.15, 0.2) is 11.5 Å². The molecule has 188 valence electrons. The number of aromatic nitrogens is 5. The zero-order valence-corrected chi connectivity index (χ0v) is 21.3. The van der Waals surface area contributed by atoms with Crippen LogP contribution in [0, 0.1) is 0 Å². The minimum absolute atomic E-state index is 0.187. The molecule has 3 aromatic rings. The first-order chi connectivity index (χ1) is 16.7. The third-order valence-corrected chi connectivity index (χ3v) is 6.11. The first-order valence-electron chi connectivity index (χ1n) is 11.1. The highest BCUT2D eigenvalue weighted by Crippen LogP contribution is 2.34. The Morgan fingerprint density at radius 2 is 1.94 bits per heavy atom. The molecular formula is C22H31N8O4P. The van der Waals surface area contributed by atoms with Gasteiger partial charge in [0.1, 0.15) is 24.2 Å². The van der Waals surface area contributed by atoms with Gasteiger partial charge in [0, 0.05) is 18.0 Å². The average molecular weight is 503 g/mol. The molecule has 3 heterocycles. The number of anilines is 1. The molecule has 0 saturated carbocycles. The molecule has 3 N–H and O–H groups in total. The van der Waals surface area contributed by atoms with Gasteiger partial charge in [-0.15, -0.1) is 0 Å². The molecule has 0 amide bonds. The fourth-order valence-corrected chi connectivity index (χ4v) is 4.32. The Kier molecular flexibility index (Phi) is 9.41. The Labute approximate surface area is 205 Å². The number of nitrogen functional groups attached to an aromatic ring is 1. The average Bonchev–Trinajstić information content (AvgIpc) is 3.24. The van der Waals surface area contributed by atoms with Gasteiger partial charge in [-0.1, -0.05) is 5.16 Å². The summed E-state index contributed by atoms with van der Waals surface area (Å²) in [6.07, 6.45) is 6.17. The SMILES string of the molecule is C/C(=N\OP(CO[C@H](C)Cn1cnc2c(N)ncnc21)N[C@@H](C)C(=O)OC(C)C)c1ccncc1. The van der Waals surface area contributed by atoms with E-state index >= 15 is 0 Å². The van der Waals surface area contributed by atoms with E-state index in [4.69, 9.17) is 19.8 Å². The fourth-order valence-electron chi connectivity index (χ4n) is 3.00. The van der Waals surface area contributed by atoms with Gasteiger partial charge in [0.25, 0.3) is 0 Å². The summed E-state index contributed by atoms with van der Waals surface area (Å²) in [6, 6.07) is 3.08. The van der Waals surface area contributed by atoms with Gasteiger partial charge in [0.05, 0.1) is 30.8 Å². The monoisotopic (exact) mass is 502 g/mol. The Hall–Kier alpha value is -3.21. The van der Waals surface area contributed by atoms with E-state index < -0.39 is 14.3 Å². The van der Waals surface area contributed by atoms with Crippen LogP contribution in [0.1, 0.15) is 40.2 Å². The number of imidazole rings is 1. The number of nitrogens with one attached hydrogen (secondary N) is 1. The van der Waals surface area contributed by atoms with Gasteiger partial charge in [0.2, 0.25) is 8.30 Å². The molecule has 0 aliphatic carbocycles. The molecule has 0 aliphatic rings. The van der Waals surface area contributed by atoms with Crippen molar-refractivity contribution in [3.8, 4) is 0 Å². The first kappa shape index (κ1) is 26.4. The second-order valence-corrected chi connectivity index (χ2v) is 9.58. The van der Waals surface area contributed by atoms with Crippen molar-refractivity contribution in [1.82, 2.24) is 29.6 Å². The van der Waals surface area contributed by atoms with Crippen LogP contribution in [0.5, 0.6) is 0 Å². The lowest BCUT2D eigenvalue weighted by Crippen LogP contribution is -2.34. The number of nitrogens with two attached hydrogens (primary N) is 1. The highest BCUT2D eigenvalue weighted by Gasteiger charge is 2.23. The van der Waals surface area contributed by atoms with Crippen molar-refractivity contribution in [3.63, 3.8) is 0 Å². The van der Waals surface area contributed by atoms with E-state index in [1.807, 2.05) is 30.5 Å². The summed E-state index contributed by atoms with van der Waals surface area (Å²) in [6.45, 7) is 9.56. The van der Waals surface area contributed by atoms with Crippen molar-refractivity contribution in [3.05, 3.63) is 42.7 Å². The smallest absolute Gasteiger partial charge is 0.323 e. The summed E-state index contributed by atoms with van der Waals surface area (Å²) >= 11 is 0. The zero-order valence-electron chi connectivity index (χ0n) is 20.5. The van der Waals surface area contributed by atoms with Crippen LogP contribution in [0.25, 0.3) is 11.2 Å². The van der Waals surface area contributed by atoms with Crippen LogP contribution >= 0.6 is 8.30 Å². The summed E-state index contributed by atoms with van der Waals surface area (Å²) in [5.41, 5.74) is 8.60. The molecule has 0 fully saturated rings. The second-order valence-electron chi connectivity index (χ2n) is 8.14. The third kappa shape index (κ3) is 7.64. The first-order valence-corrected chi connectivity index (χ1v) is 12.6. The van der Waals surface area contributed by atoms with Crippen LogP contribution in [0.15, 0.2) is 42.3 Å². The van der Waals surface area contributed by atoms with Gasteiger partial charge in [-0.25, -0.2) is 20.0 Å². The van der Waals surface area contributed by atoms with Gasteiger partial charge in [-0.05, 0) is 46.8 Å². The molecule has 1 unspecified atom stereocenters. The standard InChI is InChI=1S/C22H31N8O4P/c1-14(2)33-22(31)17(5)29-35(34-28-16(4)18-6-8-24-9-7-18)13-32-15(3)10-30-12-27-19-20(23)25-11-26-21(19)30/h6-9,11-12,14-15,17,29H,10,13H2,1-5H3,(H2,23,25,26)/b28-16+/t15-,17+,35?/m1/s1. The summed E-state index contributed by atoms with van der Waals surface area (Å²) in [5.74, 6) is -0.0470. The lowest BCUT2D eigenvalue weighted by atomic mass is 10.2. The number of rotatable bonds is 12. The quantitative estimate of drug-likeness (QED) is 0.164. The van der Waals surface area contributed by atoms with Crippen LogP contribution in [-0.4, -0.2) is 60.8 Å². The maximum absolute atomic E-state index is 12.3. The molecule has 0 aromatic carbocycles. The largest absolute Gasteiger partial charge is 0.462 e. The lowest BCUT2D eigenvalue weighted by Gasteiger charge is -2.22. The fraction of sp³-hybridized carbons (Fsp3) is 0.455. The predicted octanol–water partition coefficient (Wildman–Crippen LogP) is 2.85. The van der Waals surface area contributed by atoms with Crippen molar-refractivity contribution >= 4 is 37.0 Å². The van der Waals surface area contributed by atoms with Crippen molar-refractivity contribution < 1.29 is 18.9 Å². The number of fused-ring (bicyclic) bond motifs is 1. The normalized spacial score (nSPS) is 14.6. The van der Waals surface area contributed by atoms with Crippen LogP contribution in [-0.2, 0) is 25.4 Å². The lowest BCUT2D eigenvalue weighted by molar-refractivity contribution is -0.148. The van der Waals surface area contributed by atoms with Crippen molar-refractivity contribution in [2.75, 3.05) is 12.1 Å². The van der Waals surface area contributed by atoms with Crippen LogP contribution in [0.3, 0.4) is 0 Å². The van der Waals surface area contributed by atoms with Crippen molar-refractivity contribution in [1.29, 1.82) is 0 Å². The van der Waals surface area contributed by atoms with Gasteiger partial charge in [-0.3, -0.25) is 9.78 Å². The Balaban J connectivity index is 1.65. The second kappa shape index (κ2) is 12.5. The van der Waals surface area contributed by atoms with Gasteiger partial charge >= 0.3 is 5.97 Å². The van der Waals surface area contributed by atoms with E-state index in [2.05, 4.69) is 30.2 Å². The summed E-state index contributed by atoms with van der Waals surface area (Å²) in [5, 5.41) is 7.40. The maximum atomic E-state index is 12.3. The van der Waals surface area contributed by atoms with Gasteiger partial charge < -0.3 is 24.4 Å². The maximum Gasteiger partial charge on any atom is 0.323 e. The topological polar surface area (TPSA) is 152 Å². The van der Waals surface area contributed by atoms with E-state index in [1.165, 1.54) is 6.33 Å². The highest BCUT2D eigenvalue weighted by atomic mass is 31.2. The zero-order chi connectivity index (χ0) is 25.4. The molecule has 13 heteroatoms. The number of esters is 1. The molecule has 0 saturated heterocycles. The minimum atomic E-state index is -1.46. The summed E-state index contributed by atoms with van der Waals surface area (Å²) in [4.78, 5) is 28.8. The summed E-state index contributed by atoms with van der Waals surface area (Å²) in [7, 11) is -1.46. The molecule has 0 aliphatic heterocycles. The van der Waals surface area contributed by atoms with Crippen LogP contribution in [0.4, 0.5) is 5.82 Å². The third-order valence-electron chi connectivity index (χ3n) is 4.78. The van der Waals surface area contributed by atoms with Crippen LogP contribution in [0.2, 0.25) is 0 Å². The van der Waals surface area contributed by atoms with Crippen molar-refractivity contribution in [2.24, 2.45) is 5.16 Å². The number of nitrogens with zero attached hydrogens (tertiary/aromatic N) is 6. The molecule has 12 nitrogen and oxygen atoms in total. The van der Waals surface area contributed by atoms with E-state index in [-0.39, 0.29) is 24.5 Å². The van der Waals surface area contributed by atoms with E-state index in [9.17, 15) is 4.79 Å². The molecular weight excluding hydrogens is 471 g/mol. The molecule has 3 aromatic heterocycles. The molecule has 3 rings (SSSR count). The molecule has 3 atom stereocenters. The number of pyridine rings is 1. The van der Waals surface area contributed by atoms with Crippen LogP contribution < -0.4 is 10.8 Å². The number of ether oxygens (including phenoxy) is 2. The van der Waals surface area contributed by atoms with Gasteiger partial charge in [-0.2, -0.15) is 0 Å². The molecule has 0 radical (unpaired) electrons. The number of carbonyl (C=O) groups is 1.